The van der Waals surface area contributed by atoms with Gasteiger partial charge in [-0.05, 0) is 25.0 Å². The highest BCUT2D eigenvalue weighted by Crippen LogP contribution is 2.48. The van der Waals surface area contributed by atoms with Crippen molar-refractivity contribution in [3.63, 3.8) is 0 Å². The molecule has 2 aromatic rings. The zero-order valence-electron chi connectivity index (χ0n) is 8.33. The Morgan fingerprint density at radius 2 is 2.25 bits per heavy atom. The average Bonchev–Trinajstić information content (AvgIpc) is 2.94. The van der Waals surface area contributed by atoms with Gasteiger partial charge in [-0.25, -0.2) is 9.37 Å². The Kier molecular flexibility index (Phi) is 1.64. The molecule has 0 aromatic carbocycles. The lowest BCUT2D eigenvalue weighted by molar-refractivity contribution is -0.140. The molecule has 1 aliphatic carbocycles. The Bertz CT molecular complexity index is 587. The lowest BCUT2D eigenvalue weighted by atomic mass is 10.0. The zero-order valence-corrected chi connectivity index (χ0v) is 8.33. The number of nitrogens with one attached hydrogen (secondary N) is 1. The quantitative estimate of drug-likeness (QED) is 0.811. The van der Waals surface area contributed by atoms with Crippen LogP contribution in [0, 0.1) is 5.82 Å². The van der Waals surface area contributed by atoms with Crippen LogP contribution in [0.4, 0.5) is 4.39 Å². The van der Waals surface area contributed by atoms with Crippen molar-refractivity contribution in [2.45, 2.75) is 18.3 Å². The number of carboxylic acids is 1. The van der Waals surface area contributed by atoms with Crippen molar-refractivity contribution < 1.29 is 14.3 Å². The molecule has 0 spiro atoms. The smallest absolute Gasteiger partial charge is 0.315 e. The van der Waals surface area contributed by atoms with E-state index in [1.54, 1.807) is 6.07 Å². The van der Waals surface area contributed by atoms with Gasteiger partial charge in [0, 0.05) is 11.1 Å². The second-order valence-corrected chi connectivity index (χ2v) is 4.16. The van der Waals surface area contributed by atoms with Gasteiger partial charge in [0.2, 0.25) is 0 Å². The van der Waals surface area contributed by atoms with Gasteiger partial charge in [0.25, 0.3) is 0 Å². The maximum absolute atomic E-state index is 12.9. The van der Waals surface area contributed by atoms with E-state index in [-0.39, 0.29) is 0 Å². The summed E-state index contributed by atoms with van der Waals surface area (Å²) in [6, 6.07) is 3.02. The van der Waals surface area contributed by atoms with Gasteiger partial charge in [0.15, 0.2) is 0 Å². The van der Waals surface area contributed by atoms with Crippen LogP contribution in [0.5, 0.6) is 0 Å². The first-order valence-corrected chi connectivity index (χ1v) is 5.00. The van der Waals surface area contributed by atoms with Crippen LogP contribution >= 0.6 is 0 Å². The summed E-state index contributed by atoms with van der Waals surface area (Å²) < 4.78 is 12.9. The van der Waals surface area contributed by atoms with Crippen LogP contribution in [0.1, 0.15) is 18.5 Å². The minimum Gasteiger partial charge on any atom is -0.481 e. The first kappa shape index (κ1) is 9.33. The van der Waals surface area contributed by atoms with Crippen LogP contribution in [0.25, 0.3) is 11.0 Å². The molecule has 2 heterocycles. The molecule has 0 unspecified atom stereocenters. The Balaban J connectivity index is 2.16. The molecule has 0 atom stereocenters. The Hall–Kier alpha value is -1.91. The summed E-state index contributed by atoms with van der Waals surface area (Å²) in [5.41, 5.74) is 0.356. The van der Waals surface area contributed by atoms with Crippen LogP contribution in [0.15, 0.2) is 18.3 Å². The molecule has 0 bridgehead atoms. The standard InChI is InChI=1S/C11H9FN2O2/c12-7-3-6-4-8(14-9(6)13-5-7)11(1-2-11)10(15)16/h3-5H,1-2H2,(H,13,14)(H,15,16). The van der Waals surface area contributed by atoms with E-state index in [1.807, 2.05) is 0 Å². The number of aromatic amines is 1. The summed E-state index contributed by atoms with van der Waals surface area (Å²) in [5, 5.41) is 9.74. The van der Waals surface area contributed by atoms with Crippen molar-refractivity contribution >= 4 is 17.0 Å². The Morgan fingerprint density at radius 3 is 2.88 bits per heavy atom. The number of nitrogens with zero attached hydrogens (tertiary/aromatic N) is 1. The van der Waals surface area contributed by atoms with Gasteiger partial charge in [-0.15, -0.1) is 0 Å². The normalized spacial score (nSPS) is 17.6. The minimum atomic E-state index is -0.834. The summed E-state index contributed by atoms with van der Waals surface area (Å²) in [6.07, 6.45) is 2.36. The Labute approximate surface area is 90.1 Å². The van der Waals surface area contributed by atoms with Crippen molar-refractivity contribution in [2.24, 2.45) is 0 Å². The van der Waals surface area contributed by atoms with E-state index in [1.165, 1.54) is 6.07 Å². The van der Waals surface area contributed by atoms with E-state index in [0.29, 0.717) is 29.6 Å². The number of H-pyrrole nitrogens is 1. The van der Waals surface area contributed by atoms with Crippen molar-refractivity contribution in [3.8, 4) is 0 Å². The summed E-state index contributed by atoms with van der Waals surface area (Å²) in [5.74, 6) is -1.25. The molecule has 1 aliphatic rings. The minimum absolute atomic E-state index is 0.418. The van der Waals surface area contributed by atoms with Crippen molar-refractivity contribution in [2.75, 3.05) is 0 Å². The molecule has 0 aliphatic heterocycles. The number of carboxylic acid groups (broad SMARTS) is 1. The monoisotopic (exact) mass is 220 g/mol. The number of hydrogen-bond acceptors (Lipinski definition) is 2. The van der Waals surface area contributed by atoms with Crippen LogP contribution in [0.3, 0.4) is 0 Å². The number of pyridine rings is 1. The first-order chi connectivity index (χ1) is 7.62. The molecular formula is C11H9FN2O2. The lowest BCUT2D eigenvalue weighted by Gasteiger charge is -2.05. The van der Waals surface area contributed by atoms with E-state index in [4.69, 9.17) is 5.11 Å². The van der Waals surface area contributed by atoms with Gasteiger partial charge in [-0.2, -0.15) is 0 Å². The van der Waals surface area contributed by atoms with E-state index in [0.717, 1.165) is 6.20 Å². The molecule has 3 rings (SSSR count). The average molecular weight is 220 g/mol. The highest BCUT2D eigenvalue weighted by atomic mass is 19.1. The molecule has 1 saturated carbocycles. The molecule has 0 saturated heterocycles. The van der Waals surface area contributed by atoms with Gasteiger partial charge in [0.05, 0.1) is 6.20 Å². The number of rotatable bonds is 2. The van der Waals surface area contributed by atoms with E-state index in [2.05, 4.69) is 9.97 Å². The summed E-state index contributed by atoms with van der Waals surface area (Å²) >= 11 is 0. The van der Waals surface area contributed by atoms with Gasteiger partial charge in [-0.1, -0.05) is 0 Å². The third-order valence-electron chi connectivity index (χ3n) is 3.11. The summed E-state index contributed by atoms with van der Waals surface area (Å²) in [6.45, 7) is 0. The van der Waals surface area contributed by atoms with E-state index >= 15 is 0 Å². The number of aliphatic carboxylic acids is 1. The summed E-state index contributed by atoms with van der Waals surface area (Å²) in [4.78, 5) is 17.9. The van der Waals surface area contributed by atoms with Gasteiger partial charge < -0.3 is 10.1 Å². The van der Waals surface area contributed by atoms with Crippen molar-refractivity contribution in [1.29, 1.82) is 0 Å². The SMILES string of the molecule is O=C(O)C1(c2cc3cc(F)cnc3[nH]2)CC1. The van der Waals surface area contributed by atoms with E-state index in [9.17, 15) is 9.18 Å². The maximum Gasteiger partial charge on any atom is 0.315 e. The number of halogens is 1. The predicted molar refractivity (Wildman–Crippen MR) is 54.6 cm³/mol. The second-order valence-electron chi connectivity index (χ2n) is 4.16. The fourth-order valence-corrected chi connectivity index (χ4v) is 1.97. The van der Waals surface area contributed by atoms with Gasteiger partial charge >= 0.3 is 5.97 Å². The van der Waals surface area contributed by atoms with Crippen LogP contribution < -0.4 is 0 Å². The predicted octanol–water partition coefficient (Wildman–Crippen LogP) is 1.82. The number of aromatic nitrogens is 2. The highest BCUT2D eigenvalue weighted by molar-refractivity contribution is 5.87. The molecule has 5 heteroatoms. The van der Waals surface area contributed by atoms with E-state index < -0.39 is 17.2 Å². The fourth-order valence-electron chi connectivity index (χ4n) is 1.97. The van der Waals surface area contributed by atoms with Gasteiger partial charge in [0.1, 0.15) is 16.9 Å². The summed E-state index contributed by atoms with van der Waals surface area (Å²) in [7, 11) is 0. The van der Waals surface area contributed by atoms with Crippen LogP contribution in [0.2, 0.25) is 0 Å². The molecular weight excluding hydrogens is 211 g/mol. The largest absolute Gasteiger partial charge is 0.481 e. The molecule has 0 radical (unpaired) electrons. The number of hydrogen-bond donors (Lipinski definition) is 2. The zero-order chi connectivity index (χ0) is 11.3. The molecule has 0 amide bonds. The molecule has 2 aromatic heterocycles. The lowest BCUT2D eigenvalue weighted by Crippen LogP contribution is -2.19. The molecule has 4 nitrogen and oxygen atoms in total. The topological polar surface area (TPSA) is 66.0 Å². The Morgan fingerprint density at radius 1 is 1.50 bits per heavy atom. The van der Waals surface area contributed by atoms with Crippen molar-refractivity contribution in [1.82, 2.24) is 9.97 Å². The van der Waals surface area contributed by atoms with Crippen LogP contribution in [-0.4, -0.2) is 21.0 Å². The molecule has 2 N–H and O–H groups in total. The first-order valence-electron chi connectivity index (χ1n) is 5.00. The fraction of sp³-hybridized carbons (Fsp3) is 0.273. The maximum atomic E-state index is 12.9. The van der Waals surface area contributed by atoms with Crippen LogP contribution in [-0.2, 0) is 10.2 Å². The third-order valence-corrected chi connectivity index (χ3v) is 3.11. The molecule has 1 fully saturated rings. The van der Waals surface area contributed by atoms with Crippen molar-refractivity contribution in [3.05, 3.63) is 29.8 Å². The molecule has 82 valence electrons. The number of carbonyl (C=O) groups is 1. The molecule has 16 heavy (non-hydrogen) atoms. The number of fused-ring (bicyclic) bond motifs is 1. The highest BCUT2D eigenvalue weighted by Gasteiger charge is 2.53. The van der Waals surface area contributed by atoms with Gasteiger partial charge in [-0.3, -0.25) is 4.79 Å². The second kappa shape index (κ2) is 2.81. The third kappa shape index (κ3) is 1.14.